The van der Waals surface area contributed by atoms with Gasteiger partial charge in [0, 0.05) is 18.0 Å². The van der Waals surface area contributed by atoms with Gasteiger partial charge in [0.15, 0.2) is 16.6 Å². The number of nitrogens with zero attached hydrogens (tertiary/aromatic N) is 2. The lowest BCUT2D eigenvalue weighted by Crippen LogP contribution is -1.90. The lowest BCUT2D eigenvalue weighted by Gasteiger charge is -1.97. The Morgan fingerprint density at radius 1 is 1.26 bits per heavy atom. The number of hydrogen-bond donors (Lipinski definition) is 1. The summed E-state index contributed by atoms with van der Waals surface area (Å²) in [5, 5.41) is 8.84. The van der Waals surface area contributed by atoms with Gasteiger partial charge >= 0.3 is 5.97 Å². The van der Waals surface area contributed by atoms with Crippen molar-refractivity contribution >= 4 is 22.3 Å². The maximum absolute atomic E-state index is 13.1. The molecule has 0 aliphatic heterocycles. The van der Waals surface area contributed by atoms with E-state index in [4.69, 9.17) is 5.11 Å². The van der Waals surface area contributed by atoms with Crippen molar-refractivity contribution in [3.63, 3.8) is 0 Å². The number of carbonyl (C=O) groups is 1. The molecule has 2 aromatic heterocycles. The van der Waals surface area contributed by atoms with Gasteiger partial charge < -0.3 is 5.11 Å². The lowest BCUT2D eigenvalue weighted by atomic mass is 10.1. The molecule has 0 spiro atoms. The predicted octanol–water partition coefficient (Wildman–Crippen LogP) is 3.04. The quantitative estimate of drug-likeness (QED) is 0.785. The number of thiazole rings is 1. The first-order valence-corrected chi connectivity index (χ1v) is 6.03. The number of hydrogen-bond acceptors (Lipinski definition) is 3. The third kappa shape index (κ3) is 1.97. The summed E-state index contributed by atoms with van der Waals surface area (Å²) in [6, 6.07) is 3.50. The summed E-state index contributed by atoms with van der Waals surface area (Å²) in [6.07, 6.45) is 3.00. The second kappa shape index (κ2) is 4.13. The van der Waals surface area contributed by atoms with Gasteiger partial charge in [0.2, 0.25) is 0 Å². The van der Waals surface area contributed by atoms with Crippen LogP contribution in [0.5, 0.6) is 0 Å². The van der Waals surface area contributed by atoms with E-state index in [2.05, 4.69) is 4.98 Å². The first-order chi connectivity index (χ1) is 9.04. The van der Waals surface area contributed by atoms with Gasteiger partial charge in [0.1, 0.15) is 4.88 Å². The monoisotopic (exact) mass is 280 g/mol. The van der Waals surface area contributed by atoms with Crippen LogP contribution in [0.4, 0.5) is 8.78 Å². The fourth-order valence-corrected chi connectivity index (χ4v) is 2.49. The maximum Gasteiger partial charge on any atom is 0.347 e. The lowest BCUT2D eigenvalue weighted by molar-refractivity contribution is 0.0702. The Labute approximate surface area is 109 Å². The molecular weight excluding hydrogens is 274 g/mol. The average Bonchev–Trinajstić information content (AvgIpc) is 2.90. The van der Waals surface area contributed by atoms with E-state index >= 15 is 0 Å². The van der Waals surface area contributed by atoms with Crippen molar-refractivity contribution < 1.29 is 18.7 Å². The molecule has 0 aliphatic rings. The largest absolute Gasteiger partial charge is 0.477 e. The molecule has 0 saturated heterocycles. The molecule has 0 saturated carbocycles. The Morgan fingerprint density at radius 3 is 2.68 bits per heavy atom. The van der Waals surface area contributed by atoms with Crippen LogP contribution in [0.2, 0.25) is 0 Å². The van der Waals surface area contributed by atoms with Crippen LogP contribution >= 0.6 is 11.3 Å². The molecule has 4 nitrogen and oxygen atoms in total. The van der Waals surface area contributed by atoms with Crippen molar-refractivity contribution in [2.75, 3.05) is 0 Å². The molecule has 1 N–H and O–H groups in total. The second-order valence-corrected chi connectivity index (χ2v) is 4.85. The van der Waals surface area contributed by atoms with E-state index in [1.54, 1.807) is 10.6 Å². The van der Waals surface area contributed by atoms with Crippen LogP contribution in [0.25, 0.3) is 16.2 Å². The summed E-state index contributed by atoms with van der Waals surface area (Å²) in [5.41, 5.74) is 0.897. The van der Waals surface area contributed by atoms with Crippen LogP contribution in [-0.4, -0.2) is 20.5 Å². The van der Waals surface area contributed by atoms with E-state index in [-0.39, 0.29) is 4.88 Å². The third-order valence-electron chi connectivity index (χ3n) is 2.58. The number of halogens is 2. The molecule has 0 amide bonds. The summed E-state index contributed by atoms with van der Waals surface area (Å²) in [5.74, 6) is -2.89. The van der Waals surface area contributed by atoms with E-state index in [1.165, 1.54) is 12.3 Å². The number of benzene rings is 1. The van der Waals surface area contributed by atoms with E-state index in [9.17, 15) is 13.6 Å². The molecule has 19 heavy (non-hydrogen) atoms. The number of aromatic carboxylic acids is 1. The van der Waals surface area contributed by atoms with Crippen LogP contribution in [0.15, 0.2) is 30.6 Å². The normalized spacial score (nSPS) is 11.1. The zero-order valence-corrected chi connectivity index (χ0v) is 10.1. The highest BCUT2D eigenvalue weighted by atomic mass is 32.1. The van der Waals surface area contributed by atoms with Crippen LogP contribution in [0.1, 0.15) is 9.67 Å². The Kier molecular flexibility index (Phi) is 2.56. The van der Waals surface area contributed by atoms with Crippen LogP contribution < -0.4 is 0 Å². The van der Waals surface area contributed by atoms with Gasteiger partial charge in [-0.3, -0.25) is 4.40 Å². The van der Waals surface area contributed by atoms with Crippen LogP contribution in [0.3, 0.4) is 0 Å². The highest BCUT2D eigenvalue weighted by molar-refractivity contribution is 7.18. The molecule has 0 aliphatic carbocycles. The summed E-state index contributed by atoms with van der Waals surface area (Å²) in [7, 11) is 0. The minimum absolute atomic E-state index is 0.166. The molecule has 96 valence electrons. The highest BCUT2D eigenvalue weighted by Gasteiger charge is 2.13. The fraction of sp³-hybridized carbons (Fsp3) is 0. The fourth-order valence-electron chi connectivity index (χ4n) is 1.69. The maximum atomic E-state index is 13.1. The molecule has 1 aromatic carbocycles. The standard InChI is InChI=1S/C12H6F2N2O2S/c13-7-2-1-6(3-8(7)14)9-4-16-5-10(11(17)18)19-12(16)15-9/h1-5H,(H,17,18). The van der Waals surface area contributed by atoms with Crippen molar-refractivity contribution in [2.24, 2.45) is 0 Å². The van der Waals surface area contributed by atoms with Crippen molar-refractivity contribution in [3.8, 4) is 11.3 Å². The molecule has 0 unspecified atom stereocenters. The van der Waals surface area contributed by atoms with Crippen LogP contribution in [-0.2, 0) is 0 Å². The third-order valence-corrected chi connectivity index (χ3v) is 3.57. The predicted molar refractivity (Wildman–Crippen MR) is 65.4 cm³/mol. The number of fused-ring (bicyclic) bond motifs is 1. The van der Waals surface area contributed by atoms with E-state index in [0.717, 1.165) is 23.5 Å². The molecule has 3 aromatic rings. The van der Waals surface area contributed by atoms with Gasteiger partial charge in [0.05, 0.1) is 5.69 Å². The molecule has 2 heterocycles. The second-order valence-electron chi connectivity index (χ2n) is 3.85. The van der Waals surface area contributed by atoms with Gasteiger partial charge in [0.25, 0.3) is 0 Å². The Morgan fingerprint density at radius 2 is 2.05 bits per heavy atom. The molecule has 0 atom stereocenters. The molecule has 0 radical (unpaired) electrons. The highest BCUT2D eigenvalue weighted by Crippen LogP contribution is 2.25. The van der Waals surface area contributed by atoms with Crippen molar-refractivity contribution in [1.29, 1.82) is 0 Å². The summed E-state index contributed by atoms with van der Waals surface area (Å²) in [6.45, 7) is 0. The van der Waals surface area contributed by atoms with Crippen molar-refractivity contribution in [1.82, 2.24) is 9.38 Å². The number of aromatic nitrogens is 2. The Balaban J connectivity index is 2.08. The first kappa shape index (κ1) is 11.8. The minimum Gasteiger partial charge on any atom is -0.477 e. The number of carboxylic acids is 1. The van der Waals surface area contributed by atoms with Gasteiger partial charge in [-0.2, -0.15) is 0 Å². The van der Waals surface area contributed by atoms with Crippen molar-refractivity contribution in [3.05, 3.63) is 47.1 Å². The zero-order chi connectivity index (χ0) is 13.6. The number of imidazole rings is 1. The minimum atomic E-state index is -1.02. The topological polar surface area (TPSA) is 54.6 Å². The van der Waals surface area contributed by atoms with Crippen LogP contribution in [0, 0.1) is 11.6 Å². The van der Waals surface area contributed by atoms with Gasteiger partial charge in [-0.15, -0.1) is 0 Å². The molecule has 0 bridgehead atoms. The van der Waals surface area contributed by atoms with Gasteiger partial charge in [-0.1, -0.05) is 11.3 Å². The molecule has 3 rings (SSSR count). The number of carboxylic acid groups (broad SMARTS) is 1. The number of rotatable bonds is 2. The zero-order valence-electron chi connectivity index (χ0n) is 9.30. The van der Waals surface area contributed by atoms with Crippen molar-refractivity contribution in [2.45, 2.75) is 0 Å². The summed E-state index contributed by atoms with van der Waals surface area (Å²) in [4.78, 5) is 15.6. The van der Waals surface area contributed by atoms with Gasteiger partial charge in [-0.25, -0.2) is 18.6 Å². The Bertz CT molecular complexity index is 763. The average molecular weight is 280 g/mol. The Hall–Kier alpha value is -2.28. The molecular formula is C12H6F2N2O2S. The smallest absolute Gasteiger partial charge is 0.347 e. The summed E-state index contributed by atoms with van der Waals surface area (Å²) < 4.78 is 27.5. The van der Waals surface area contributed by atoms with E-state index in [0.29, 0.717) is 16.2 Å². The molecule has 7 heteroatoms. The van der Waals surface area contributed by atoms with E-state index in [1.807, 2.05) is 0 Å². The summed E-state index contributed by atoms with van der Waals surface area (Å²) >= 11 is 1.01. The first-order valence-electron chi connectivity index (χ1n) is 5.22. The van der Waals surface area contributed by atoms with Gasteiger partial charge in [-0.05, 0) is 18.2 Å². The SMILES string of the molecule is O=C(O)c1cn2cc(-c3ccc(F)c(F)c3)nc2s1. The molecule has 0 fully saturated rings. The van der Waals surface area contributed by atoms with E-state index < -0.39 is 17.6 Å².